The SMILES string of the molecule is [2H]c1c([2H])[n+](C)c(-c2cc(C3CCCCC3)cc(C3CCCCC3)c2C)c2ccc(-c3ccccc3)cc12. The Hall–Kier alpha value is -2.93. The topological polar surface area (TPSA) is 3.88 Å². The molecule has 1 nitrogen and oxygen atoms in total. The molecule has 0 atom stereocenters. The van der Waals surface area contributed by atoms with Crippen LogP contribution in [0.3, 0.4) is 0 Å². The van der Waals surface area contributed by atoms with Crippen molar-refractivity contribution in [2.75, 3.05) is 0 Å². The monoisotopic (exact) mass is 476 g/mol. The molecule has 184 valence electrons. The molecule has 0 unspecified atom stereocenters. The first-order valence-corrected chi connectivity index (χ1v) is 14.2. The van der Waals surface area contributed by atoms with Crippen LogP contribution in [0.4, 0.5) is 0 Å². The van der Waals surface area contributed by atoms with Gasteiger partial charge >= 0.3 is 0 Å². The Morgan fingerprint density at radius 2 is 1.44 bits per heavy atom. The first-order valence-electron chi connectivity index (χ1n) is 15.2. The van der Waals surface area contributed by atoms with Gasteiger partial charge in [-0.05, 0) is 95.8 Å². The smallest absolute Gasteiger partial charge is 0.200 e. The van der Waals surface area contributed by atoms with Gasteiger partial charge in [-0.15, -0.1) is 0 Å². The fourth-order valence-corrected chi connectivity index (χ4v) is 6.89. The molecule has 0 saturated heterocycles. The maximum atomic E-state index is 8.94. The summed E-state index contributed by atoms with van der Waals surface area (Å²) in [5.41, 5.74) is 9.01. The summed E-state index contributed by atoms with van der Waals surface area (Å²) >= 11 is 0. The van der Waals surface area contributed by atoms with Crippen LogP contribution in [0.2, 0.25) is 0 Å². The van der Waals surface area contributed by atoms with Gasteiger partial charge in [0.25, 0.3) is 0 Å². The summed E-state index contributed by atoms with van der Waals surface area (Å²) in [6.07, 6.45) is 13.5. The normalized spacial score (nSPS) is 18.3. The summed E-state index contributed by atoms with van der Waals surface area (Å²) in [4.78, 5) is 0. The molecule has 4 aromatic rings. The largest absolute Gasteiger partial charge is 0.220 e. The number of nitrogens with zero attached hydrogens (tertiary/aromatic N) is 1. The van der Waals surface area contributed by atoms with Gasteiger partial charge in [0.2, 0.25) is 5.69 Å². The number of benzene rings is 3. The molecule has 1 aromatic heterocycles. The van der Waals surface area contributed by atoms with Gasteiger partial charge in [-0.25, -0.2) is 4.57 Å². The third-order valence-electron chi connectivity index (χ3n) is 8.92. The van der Waals surface area contributed by atoms with E-state index in [0.29, 0.717) is 17.9 Å². The van der Waals surface area contributed by atoms with Gasteiger partial charge < -0.3 is 0 Å². The fraction of sp³-hybridized carbons (Fsp3) is 0.400. The van der Waals surface area contributed by atoms with Crippen molar-refractivity contribution < 1.29 is 7.31 Å². The van der Waals surface area contributed by atoms with Crippen LogP contribution < -0.4 is 4.57 Å². The van der Waals surface area contributed by atoms with Gasteiger partial charge in [0.05, 0.1) is 12.3 Å². The van der Waals surface area contributed by atoms with Crippen LogP contribution in [0.25, 0.3) is 33.2 Å². The van der Waals surface area contributed by atoms with E-state index in [4.69, 9.17) is 2.74 Å². The minimum Gasteiger partial charge on any atom is -0.200 e. The summed E-state index contributed by atoms with van der Waals surface area (Å²) < 4.78 is 19.8. The molecule has 0 amide bonds. The Morgan fingerprint density at radius 1 is 0.750 bits per heavy atom. The van der Waals surface area contributed by atoms with E-state index >= 15 is 0 Å². The maximum Gasteiger partial charge on any atom is 0.220 e. The van der Waals surface area contributed by atoms with Crippen molar-refractivity contribution >= 4 is 10.8 Å². The van der Waals surface area contributed by atoms with Crippen molar-refractivity contribution in [3.63, 3.8) is 0 Å². The highest BCUT2D eigenvalue weighted by atomic mass is 14.9. The molecule has 0 radical (unpaired) electrons. The zero-order chi connectivity index (χ0) is 26.2. The van der Waals surface area contributed by atoms with Gasteiger partial charge in [0.15, 0.2) is 6.17 Å². The molecule has 1 heterocycles. The minimum absolute atomic E-state index is 0.277. The van der Waals surface area contributed by atoms with Crippen molar-refractivity contribution in [1.29, 1.82) is 0 Å². The molecule has 0 spiro atoms. The molecule has 2 aliphatic rings. The lowest BCUT2D eigenvalue weighted by molar-refractivity contribution is -0.659. The highest BCUT2D eigenvalue weighted by molar-refractivity contribution is 5.96. The molecule has 2 saturated carbocycles. The van der Waals surface area contributed by atoms with Gasteiger partial charge in [0, 0.05) is 6.04 Å². The van der Waals surface area contributed by atoms with Crippen molar-refractivity contribution in [1.82, 2.24) is 0 Å². The Kier molecular flexibility index (Phi) is 6.01. The first kappa shape index (κ1) is 21.2. The summed E-state index contributed by atoms with van der Waals surface area (Å²) in [6, 6.07) is 22.2. The molecule has 0 N–H and O–H groups in total. The zero-order valence-corrected chi connectivity index (χ0v) is 21.9. The van der Waals surface area contributed by atoms with Gasteiger partial charge in [0.1, 0.15) is 8.42 Å². The molecule has 0 aliphatic heterocycles. The number of aromatic nitrogens is 1. The van der Waals surface area contributed by atoms with E-state index in [1.165, 1.54) is 80.9 Å². The average Bonchev–Trinajstić information content (AvgIpc) is 2.98. The van der Waals surface area contributed by atoms with Crippen LogP contribution in [0, 0.1) is 6.92 Å². The predicted octanol–water partition coefficient (Wildman–Crippen LogP) is 9.40. The van der Waals surface area contributed by atoms with Crippen LogP contribution in [-0.2, 0) is 7.05 Å². The molecular weight excluding hydrogens is 434 g/mol. The van der Waals surface area contributed by atoms with Gasteiger partial charge in [-0.3, -0.25) is 0 Å². The van der Waals surface area contributed by atoms with E-state index < -0.39 is 0 Å². The van der Waals surface area contributed by atoms with Gasteiger partial charge in [-0.2, -0.15) is 0 Å². The Bertz CT molecular complexity index is 1460. The van der Waals surface area contributed by atoms with Gasteiger partial charge in [-0.1, -0.05) is 81.0 Å². The second kappa shape index (κ2) is 10.2. The third-order valence-corrected chi connectivity index (χ3v) is 8.92. The second-order valence-electron chi connectivity index (χ2n) is 11.2. The molecular formula is C35H40N+. The lowest BCUT2D eigenvalue weighted by Gasteiger charge is -2.28. The first-order chi connectivity index (χ1) is 18.5. The fourth-order valence-electron chi connectivity index (χ4n) is 6.89. The summed E-state index contributed by atoms with van der Waals surface area (Å²) in [6.45, 7) is 2.31. The number of hydrogen-bond acceptors (Lipinski definition) is 0. The molecule has 6 rings (SSSR count). The molecule has 3 aromatic carbocycles. The standard InChI is InChI=1S/C35H40N/c1-25-33(28-16-10-5-11-17-28)23-31(27-14-8-4-9-15-27)24-34(25)35-32-19-18-29(26-12-6-3-7-13-26)22-30(32)20-21-36(35)2/h3,6-7,12-13,18-24,27-28H,4-5,8-11,14-17H2,1-2H3/q+1/i20D,21D. The van der Waals surface area contributed by atoms with E-state index in [-0.39, 0.29) is 6.17 Å². The predicted molar refractivity (Wildman–Crippen MR) is 152 cm³/mol. The van der Waals surface area contributed by atoms with Crippen LogP contribution in [0.5, 0.6) is 0 Å². The van der Waals surface area contributed by atoms with E-state index in [1.807, 2.05) is 17.7 Å². The molecule has 2 aliphatic carbocycles. The lowest BCUT2D eigenvalue weighted by Crippen LogP contribution is -2.31. The van der Waals surface area contributed by atoms with Crippen molar-refractivity contribution in [2.24, 2.45) is 7.05 Å². The Balaban J connectivity index is 1.59. The average molecular weight is 477 g/mol. The lowest BCUT2D eigenvalue weighted by atomic mass is 9.76. The summed E-state index contributed by atoms with van der Waals surface area (Å²) in [7, 11) is 1.98. The Morgan fingerprint density at radius 3 is 2.17 bits per heavy atom. The number of hydrogen-bond donors (Lipinski definition) is 0. The van der Waals surface area contributed by atoms with Crippen LogP contribution in [0.1, 0.15) is 95.5 Å². The van der Waals surface area contributed by atoms with E-state index in [1.54, 1.807) is 5.56 Å². The molecule has 1 heteroatoms. The van der Waals surface area contributed by atoms with Crippen molar-refractivity contribution in [2.45, 2.75) is 83.0 Å². The number of pyridine rings is 1. The summed E-state index contributed by atoms with van der Waals surface area (Å²) in [5, 5.41) is 1.94. The highest BCUT2D eigenvalue weighted by Gasteiger charge is 2.26. The molecule has 0 bridgehead atoms. The molecule has 2 fully saturated rings. The van der Waals surface area contributed by atoms with Crippen molar-refractivity contribution in [3.05, 3.63) is 89.6 Å². The summed E-state index contributed by atoms with van der Waals surface area (Å²) in [5.74, 6) is 1.27. The number of fused-ring (bicyclic) bond motifs is 1. The van der Waals surface area contributed by atoms with E-state index in [0.717, 1.165) is 27.6 Å². The Labute approximate surface area is 220 Å². The highest BCUT2D eigenvalue weighted by Crippen LogP contribution is 2.42. The minimum atomic E-state index is 0.277. The zero-order valence-electron chi connectivity index (χ0n) is 23.9. The maximum absolute atomic E-state index is 8.94. The second-order valence-corrected chi connectivity index (χ2v) is 11.2. The van der Waals surface area contributed by atoms with E-state index in [2.05, 4.69) is 61.5 Å². The van der Waals surface area contributed by atoms with E-state index in [9.17, 15) is 0 Å². The number of rotatable bonds is 4. The van der Waals surface area contributed by atoms with Crippen LogP contribution in [-0.4, -0.2) is 0 Å². The van der Waals surface area contributed by atoms with Crippen molar-refractivity contribution in [3.8, 4) is 22.4 Å². The quantitative estimate of drug-likeness (QED) is 0.258. The van der Waals surface area contributed by atoms with Crippen LogP contribution in [0.15, 0.2) is 72.9 Å². The van der Waals surface area contributed by atoms with Crippen LogP contribution >= 0.6 is 0 Å². The molecule has 36 heavy (non-hydrogen) atoms. The third kappa shape index (κ3) is 4.49.